The van der Waals surface area contributed by atoms with Crippen LogP contribution in [-0.2, 0) is 18.3 Å². The van der Waals surface area contributed by atoms with Crippen molar-refractivity contribution in [3.05, 3.63) is 17.0 Å². The fourth-order valence-corrected chi connectivity index (χ4v) is 2.32. The molecule has 0 spiro atoms. The molecule has 6 nitrogen and oxygen atoms in total. The van der Waals surface area contributed by atoms with E-state index in [4.69, 9.17) is 4.74 Å². The Hall–Kier alpha value is -1.56. The second kappa shape index (κ2) is 6.06. The summed E-state index contributed by atoms with van der Waals surface area (Å²) >= 11 is 0. The Balaban J connectivity index is 1.76. The Labute approximate surface area is 113 Å². The van der Waals surface area contributed by atoms with Gasteiger partial charge in [-0.1, -0.05) is 0 Å². The van der Waals surface area contributed by atoms with Crippen LogP contribution in [0.1, 0.15) is 29.8 Å². The number of hydrogen-bond donors (Lipinski definition) is 2. The zero-order valence-electron chi connectivity index (χ0n) is 11.8. The topological polar surface area (TPSA) is 68.2 Å². The van der Waals surface area contributed by atoms with Crippen LogP contribution in [0.15, 0.2) is 0 Å². The standard InChI is InChI=1S/C13H22N4O2/c1-9-12(10(2)17(3)16-9)8-15-13(18)14-7-11-5-4-6-19-11/h11H,4-8H2,1-3H3,(H2,14,15,18)/t11-/m0/s1. The van der Waals surface area contributed by atoms with Crippen LogP contribution in [0.5, 0.6) is 0 Å². The molecule has 1 saturated heterocycles. The van der Waals surface area contributed by atoms with Gasteiger partial charge in [0.15, 0.2) is 0 Å². The minimum atomic E-state index is -0.154. The van der Waals surface area contributed by atoms with Crippen LogP contribution in [-0.4, -0.2) is 35.1 Å². The first-order valence-corrected chi connectivity index (χ1v) is 6.70. The first-order valence-electron chi connectivity index (χ1n) is 6.70. The highest BCUT2D eigenvalue weighted by molar-refractivity contribution is 5.73. The second-order valence-electron chi connectivity index (χ2n) is 4.97. The Bertz CT molecular complexity index is 450. The number of nitrogens with one attached hydrogen (secondary N) is 2. The van der Waals surface area contributed by atoms with Crippen molar-refractivity contribution >= 4 is 6.03 Å². The summed E-state index contributed by atoms with van der Waals surface area (Å²) in [5.74, 6) is 0. The number of aromatic nitrogens is 2. The van der Waals surface area contributed by atoms with Gasteiger partial charge in [-0.25, -0.2) is 4.79 Å². The van der Waals surface area contributed by atoms with Crippen LogP contribution in [0.25, 0.3) is 0 Å². The minimum Gasteiger partial charge on any atom is -0.376 e. The molecule has 0 bridgehead atoms. The number of nitrogens with zero attached hydrogens (tertiary/aromatic N) is 2. The number of aryl methyl sites for hydroxylation is 2. The minimum absolute atomic E-state index is 0.154. The van der Waals surface area contributed by atoms with Gasteiger partial charge in [0.25, 0.3) is 0 Å². The number of urea groups is 1. The number of ether oxygens (including phenoxy) is 1. The normalized spacial score (nSPS) is 18.6. The number of carbonyl (C=O) groups is 1. The van der Waals surface area contributed by atoms with Gasteiger partial charge in [-0.05, 0) is 26.7 Å². The molecule has 1 aromatic rings. The lowest BCUT2D eigenvalue weighted by Crippen LogP contribution is -2.39. The van der Waals surface area contributed by atoms with E-state index in [1.54, 1.807) is 0 Å². The molecular formula is C13H22N4O2. The Morgan fingerprint density at radius 3 is 2.84 bits per heavy atom. The van der Waals surface area contributed by atoms with Crippen molar-refractivity contribution < 1.29 is 9.53 Å². The van der Waals surface area contributed by atoms with Gasteiger partial charge in [0.05, 0.1) is 11.8 Å². The monoisotopic (exact) mass is 266 g/mol. The van der Waals surface area contributed by atoms with Crippen LogP contribution in [0, 0.1) is 13.8 Å². The lowest BCUT2D eigenvalue weighted by Gasteiger charge is -2.11. The van der Waals surface area contributed by atoms with E-state index in [9.17, 15) is 4.79 Å². The predicted molar refractivity (Wildman–Crippen MR) is 71.9 cm³/mol. The van der Waals surface area contributed by atoms with E-state index < -0.39 is 0 Å². The Kier molecular flexibility index (Phi) is 4.42. The molecule has 2 heterocycles. The van der Waals surface area contributed by atoms with Gasteiger partial charge in [-0.3, -0.25) is 4.68 Å². The zero-order chi connectivity index (χ0) is 13.8. The summed E-state index contributed by atoms with van der Waals surface area (Å²) in [6.07, 6.45) is 2.29. The van der Waals surface area contributed by atoms with E-state index in [0.29, 0.717) is 13.1 Å². The summed E-state index contributed by atoms with van der Waals surface area (Å²) in [4.78, 5) is 11.7. The number of rotatable bonds is 4. The molecule has 0 unspecified atom stereocenters. The quantitative estimate of drug-likeness (QED) is 0.855. The van der Waals surface area contributed by atoms with E-state index in [2.05, 4.69) is 15.7 Å². The van der Waals surface area contributed by atoms with E-state index in [0.717, 1.165) is 36.4 Å². The van der Waals surface area contributed by atoms with E-state index in [-0.39, 0.29) is 12.1 Å². The molecule has 1 aromatic heterocycles. The average Bonchev–Trinajstić information content (AvgIpc) is 2.96. The maximum absolute atomic E-state index is 11.7. The summed E-state index contributed by atoms with van der Waals surface area (Å²) in [6.45, 7) is 5.84. The highest BCUT2D eigenvalue weighted by Crippen LogP contribution is 2.11. The highest BCUT2D eigenvalue weighted by atomic mass is 16.5. The number of hydrogen-bond acceptors (Lipinski definition) is 3. The number of carbonyl (C=O) groups excluding carboxylic acids is 1. The van der Waals surface area contributed by atoms with Gasteiger partial charge in [0.2, 0.25) is 0 Å². The molecule has 0 aromatic carbocycles. The molecule has 2 amide bonds. The van der Waals surface area contributed by atoms with Crippen molar-refractivity contribution in [1.29, 1.82) is 0 Å². The van der Waals surface area contributed by atoms with E-state index in [1.807, 2.05) is 25.6 Å². The summed E-state index contributed by atoms with van der Waals surface area (Å²) in [7, 11) is 1.91. The summed E-state index contributed by atoms with van der Waals surface area (Å²) in [5, 5.41) is 10.0. The molecule has 0 saturated carbocycles. The van der Waals surface area contributed by atoms with Crippen molar-refractivity contribution in [3.63, 3.8) is 0 Å². The van der Waals surface area contributed by atoms with E-state index >= 15 is 0 Å². The third-order valence-electron chi connectivity index (χ3n) is 3.60. The molecule has 2 rings (SSSR count). The first kappa shape index (κ1) is 13.9. The third kappa shape index (κ3) is 3.47. The van der Waals surface area contributed by atoms with Gasteiger partial charge < -0.3 is 15.4 Å². The summed E-state index contributed by atoms with van der Waals surface area (Å²) in [5.41, 5.74) is 3.12. The fourth-order valence-electron chi connectivity index (χ4n) is 2.32. The van der Waals surface area contributed by atoms with Crippen LogP contribution < -0.4 is 10.6 Å². The van der Waals surface area contributed by atoms with Crippen LogP contribution in [0.3, 0.4) is 0 Å². The van der Waals surface area contributed by atoms with Crippen molar-refractivity contribution in [2.75, 3.05) is 13.2 Å². The lowest BCUT2D eigenvalue weighted by atomic mass is 10.2. The maximum Gasteiger partial charge on any atom is 0.315 e. The first-order chi connectivity index (χ1) is 9.08. The van der Waals surface area contributed by atoms with E-state index in [1.165, 1.54) is 0 Å². The van der Waals surface area contributed by atoms with Gasteiger partial charge in [0.1, 0.15) is 0 Å². The number of amides is 2. The largest absolute Gasteiger partial charge is 0.376 e. The molecule has 1 atom stereocenters. The predicted octanol–water partition coefficient (Wildman–Crippen LogP) is 1.02. The lowest BCUT2D eigenvalue weighted by molar-refractivity contribution is 0.111. The molecular weight excluding hydrogens is 244 g/mol. The second-order valence-corrected chi connectivity index (χ2v) is 4.97. The van der Waals surface area contributed by atoms with Gasteiger partial charge in [0, 0.05) is 38.0 Å². The van der Waals surface area contributed by atoms with Crippen LogP contribution >= 0.6 is 0 Å². The molecule has 0 aliphatic carbocycles. The molecule has 2 N–H and O–H groups in total. The third-order valence-corrected chi connectivity index (χ3v) is 3.60. The molecule has 19 heavy (non-hydrogen) atoms. The molecule has 1 aliphatic rings. The van der Waals surface area contributed by atoms with Gasteiger partial charge in [-0.2, -0.15) is 5.10 Å². The molecule has 0 radical (unpaired) electrons. The summed E-state index contributed by atoms with van der Waals surface area (Å²) in [6, 6.07) is -0.154. The van der Waals surface area contributed by atoms with Crippen molar-refractivity contribution in [2.45, 2.75) is 39.3 Å². The summed E-state index contributed by atoms with van der Waals surface area (Å²) < 4.78 is 7.28. The van der Waals surface area contributed by atoms with Crippen molar-refractivity contribution in [2.24, 2.45) is 7.05 Å². The zero-order valence-corrected chi connectivity index (χ0v) is 11.8. The van der Waals surface area contributed by atoms with Crippen LogP contribution in [0.4, 0.5) is 4.79 Å². The van der Waals surface area contributed by atoms with Crippen LogP contribution in [0.2, 0.25) is 0 Å². The Morgan fingerprint density at radius 2 is 2.26 bits per heavy atom. The highest BCUT2D eigenvalue weighted by Gasteiger charge is 2.16. The van der Waals surface area contributed by atoms with Crippen molar-refractivity contribution in [3.8, 4) is 0 Å². The van der Waals surface area contributed by atoms with Gasteiger partial charge in [-0.15, -0.1) is 0 Å². The molecule has 1 aliphatic heterocycles. The SMILES string of the molecule is Cc1nn(C)c(C)c1CNC(=O)NC[C@@H]1CCCO1. The average molecular weight is 266 g/mol. The molecule has 6 heteroatoms. The molecule has 1 fully saturated rings. The smallest absolute Gasteiger partial charge is 0.315 e. The maximum atomic E-state index is 11.7. The Morgan fingerprint density at radius 1 is 1.47 bits per heavy atom. The fraction of sp³-hybridized carbons (Fsp3) is 0.692. The molecule has 106 valence electrons. The van der Waals surface area contributed by atoms with Crippen molar-refractivity contribution in [1.82, 2.24) is 20.4 Å². The van der Waals surface area contributed by atoms with Gasteiger partial charge >= 0.3 is 6.03 Å².